The molecule has 0 bridgehead atoms. The Hall–Kier alpha value is -0.940. The Morgan fingerprint density at radius 1 is 0.903 bits per heavy atom. The van der Waals surface area contributed by atoms with Crippen LogP contribution in [0.2, 0.25) is 0 Å². The van der Waals surface area contributed by atoms with E-state index in [1.54, 1.807) is 0 Å². The first-order valence-electron chi connectivity index (χ1n) is 11.6. The van der Waals surface area contributed by atoms with Crippen molar-refractivity contribution in [2.45, 2.75) is 26.9 Å². The summed E-state index contributed by atoms with van der Waals surface area (Å²) in [6, 6.07) is 8.68. The van der Waals surface area contributed by atoms with Crippen molar-refractivity contribution in [1.82, 2.24) is 25.3 Å². The van der Waals surface area contributed by atoms with Gasteiger partial charge in [-0.15, -0.1) is 24.0 Å². The predicted molar refractivity (Wildman–Crippen MR) is 139 cm³/mol. The van der Waals surface area contributed by atoms with E-state index in [1.807, 2.05) is 0 Å². The van der Waals surface area contributed by atoms with Gasteiger partial charge in [0.2, 0.25) is 0 Å². The van der Waals surface area contributed by atoms with Crippen molar-refractivity contribution in [1.29, 1.82) is 0 Å². The second kappa shape index (κ2) is 15.0. The SMILES string of the molecule is CCNC(=NCc1ccccc1CN1CCOCC1)NCCN1CCN(CC)CC1.I. The molecule has 176 valence electrons. The van der Waals surface area contributed by atoms with E-state index in [-0.39, 0.29) is 24.0 Å². The molecule has 0 aliphatic carbocycles. The number of nitrogens with zero attached hydrogens (tertiary/aromatic N) is 4. The molecule has 1 aromatic rings. The van der Waals surface area contributed by atoms with Gasteiger partial charge >= 0.3 is 0 Å². The van der Waals surface area contributed by atoms with E-state index in [0.717, 1.165) is 78.1 Å². The molecule has 2 N–H and O–H groups in total. The summed E-state index contributed by atoms with van der Waals surface area (Å²) in [5.41, 5.74) is 2.67. The van der Waals surface area contributed by atoms with Crippen molar-refractivity contribution in [3.8, 4) is 0 Å². The fraction of sp³-hybridized carbons (Fsp3) is 0.696. The second-order valence-electron chi connectivity index (χ2n) is 8.06. The Morgan fingerprint density at radius 2 is 1.58 bits per heavy atom. The minimum absolute atomic E-state index is 0. The van der Waals surface area contributed by atoms with E-state index in [4.69, 9.17) is 9.73 Å². The molecule has 2 aliphatic rings. The largest absolute Gasteiger partial charge is 0.379 e. The highest BCUT2D eigenvalue weighted by Gasteiger charge is 2.15. The molecule has 0 saturated carbocycles. The van der Waals surface area contributed by atoms with Crippen LogP contribution in [-0.2, 0) is 17.8 Å². The van der Waals surface area contributed by atoms with Crippen LogP contribution < -0.4 is 10.6 Å². The summed E-state index contributed by atoms with van der Waals surface area (Å²) in [6.45, 7) is 18.4. The first kappa shape index (κ1) is 26.3. The third-order valence-electron chi connectivity index (χ3n) is 6.00. The Labute approximate surface area is 205 Å². The van der Waals surface area contributed by atoms with E-state index in [0.29, 0.717) is 6.54 Å². The van der Waals surface area contributed by atoms with Crippen LogP contribution in [0.3, 0.4) is 0 Å². The molecule has 0 atom stereocenters. The minimum Gasteiger partial charge on any atom is -0.379 e. The summed E-state index contributed by atoms with van der Waals surface area (Å²) in [5, 5.41) is 6.91. The lowest BCUT2D eigenvalue weighted by molar-refractivity contribution is 0.0341. The van der Waals surface area contributed by atoms with Crippen molar-refractivity contribution in [2.24, 2.45) is 4.99 Å². The summed E-state index contributed by atoms with van der Waals surface area (Å²) in [4.78, 5) is 12.4. The fourth-order valence-electron chi connectivity index (χ4n) is 4.03. The molecule has 0 unspecified atom stereocenters. The van der Waals surface area contributed by atoms with Crippen molar-refractivity contribution in [3.63, 3.8) is 0 Å². The first-order chi connectivity index (χ1) is 14.8. The molecule has 31 heavy (non-hydrogen) atoms. The molecule has 0 radical (unpaired) electrons. The lowest BCUT2D eigenvalue weighted by atomic mass is 10.1. The molecule has 2 fully saturated rings. The van der Waals surface area contributed by atoms with Gasteiger partial charge in [-0.05, 0) is 24.6 Å². The maximum Gasteiger partial charge on any atom is 0.191 e. The zero-order valence-corrected chi connectivity index (χ0v) is 21.6. The molecule has 2 saturated heterocycles. The summed E-state index contributed by atoms with van der Waals surface area (Å²) in [7, 11) is 0. The zero-order valence-electron chi connectivity index (χ0n) is 19.3. The van der Waals surface area contributed by atoms with Gasteiger partial charge in [0.25, 0.3) is 0 Å². The van der Waals surface area contributed by atoms with Crippen LogP contribution in [0.1, 0.15) is 25.0 Å². The maximum atomic E-state index is 5.48. The maximum absolute atomic E-state index is 5.48. The number of benzene rings is 1. The van der Waals surface area contributed by atoms with Crippen LogP contribution in [0.5, 0.6) is 0 Å². The standard InChI is InChI=1S/C23H40N6O.HI/c1-3-24-23(25-9-10-28-13-11-27(4-2)12-14-28)26-19-21-7-5-6-8-22(21)20-29-15-17-30-18-16-29;/h5-8H,3-4,9-20H2,1-2H3,(H2,24,25,26);1H. The van der Waals surface area contributed by atoms with Crippen molar-refractivity contribution in [3.05, 3.63) is 35.4 Å². The first-order valence-corrected chi connectivity index (χ1v) is 11.6. The molecule has 2 aliphatic heterocycles. The van der Waals surface area contributed by atoms with Crippen LogP contribution in [0, 0.1) is 0 Å². The van der Waals surface area contributed by atoms with Crippen LogP contribution in [0.4, 0.5) is 0 Å². The van der Waals surface area contributed by atoms with Crippen molar-refractivity contribution < 1.29 is 4.74 Å². The molecule has 3 rings (SSSR count). The Balaban J connectivity index is 0.00000341. The molecule has 2 heterocycles. The van der Waals surface area contributed by atoms with Crippen LogP contribution in [-0.4, -0.2) is 99.3 Å². The number of rotatable bonds is 9. The normalized spacial score (nSPS) is 19.1. The highest BCUT2D eigenvalue weighted by molar-refractivity contribution is 14.0. The summed E-state index contributed by atoms with van der Waals surface area (Å²) < 4.78 is 5.48. The number of guanidine groups is 1. The number of hydrogen-bond donors (Lipinski definition) is 2. The fourth-order valence-corrected chi connectivity index (χ4v) is 4.03. The van der Waals surface area contributed by atoms with Crippen LogP contribution >= 0.6 is 24.0 Å². The minimum atomic E-state index is 0. The average molecular weight is 545 g/mol. The molecule has 8 heteroatoms. The highest BCUT2D eigenvalue weighted by atomic mass is 127. The van der Waals surface area contributed by atoms with E-state index < -0.39 is 0 Å². The number of nitrogens with one attached hydrogen (secondary N) is 2. The Morgan fingerprint density at radius 3 is 2.26 bits per heavy atom. The zero-order chi connectivity index (χ0) is 21.0. The van der Waals surface area contributed by atoms with Crippen LogP contribution in [0.25, 0.3) is 0 Å². The summed E-state index contributed by atoms with van der Waals surface area (Å²) in [5.74, 6) is 0.908. The lowest BCUT2D eigenvalue weighted by Gasteiger charge is -2.34. The van der Waals surface area contributed by atoms with Gasteiger partial charge in [-0.3, -0.25) is 9.80 Å². The number of likely N-dealkylation sites (N-methyl/N-ethyl adjacent to an activating group) is 1. The number of morpholine rings is 1. The van der Waals surface area contributed by atoms with Gasteiger partial charge in [-0.25, -0.2) is 4.99 Å². The number of ether oxygens (including phenoxy) is 1. The van der Waals surface area contributed by atoms with Crippen molar-refractivity contribution in [2.75, 3.05) is 78.7 Å². The number of piperazine rings is 1. The smallest absolute Gasteiger partial charge is 0.191 e. The van der Waals surface area contributed by atoms with Crippen molar-refractivity contribution >= 4 is 29.9 Å². The van der Waals surface area contributed by atoms with Crippen LogP contribution in [0.15, 0.2) is 29.3 Å². The lowest BCUT2D eigenvalue weighted by Crippen LogP contribution is -2.49. The van der Waals surface area contributed by atoms with Gasteiger partial charge in [0.05, 0.1) is 19.8 Å². The molecule has 7 nitrogen and oxygen atoms in total. The van der Waals surface area contributed by atoms with Gasteiger partial charge in [-0.2, -0.15) is 0 Å². The van der Waals surface area contributed by atoms with E-state index >= 15 is 0 Å². The quantitative estimate of drug-likeness (QED) is 0.281. The topological polar surface area (TPSA) is 55.4 Å². The highest BCUT2D eigenvalue weighted by Crippen LogP contribution is 2.14. The molecular weight excluding hydrogens is 503 g/mol. The summed E-state index contributed by atoms with van der Waals surface area (Å²) >= 11 is 0. The van der Waals surface area contributed by atoms with E-state index in [2.05, 4.69) is 63.4 Å². The third kappa shape index (κ3) is 9.21. The molecule has 0 amide bonds. The predicted octanol–water partition coefficient (Wildman–Crippen LogP) is 1.83. The van der Waals surface area contributed by atoms with Gasteiger partial charge in [-0.1, -0.05) is 31.2 Å². The molecule has 0 spiro atoms. The Kier molecular flexibility index (Phi) is 12.7. The number of halogens is 1. The second-order valence-corrected chi connectivity index (χ2v) is 8.06. The molecule has 0 aromatic heterocycles. The van der Waals surface area contributed by atoms with Gasteiger partial charge in [0.1, 0.15) is 0 Å². The van der Waals surface area contributed by atoms with Gasteiger partial charge in [0.15, 0.2) is 5.96 Å². The van der Waals surface area contributed by atoms with Gasteiger partial charge in [0, 0.05) is 65.4 Å². The molecular formula is C23H41IN6O. The number of hydrogen-bond acceptors (Lipinski definition) is 5. The monoisotopic (exact) mass is 544 g/mol. The van der Waals surface area contributed by atoms with Gasteiger partial charge < -0.3 is 20.3 Å². The van der Waals surface area contributed by atoms with E-state index in [1.165, 1.54) is 24.2 Å². The summed E-state index contributed by atoms with van der Waals surface area (Å²) in [6.07, 6.45) is 0. The van der Waals surface area contributed by atoms with E-state index in [9.17, 15) is 0 Å². The Bertz CT molecular complexity index is 645. The third-order valence-corrected chi connectivity index (χ3v) is 6.00. The average Bonchev–Trinajstić information content (AvgIpc) is 2.79. The number of aliphatic imine (C=N–C) groups is 1. The molecule has 1 aromatic carbocycles.